The zero-order chi connectivity index (χ0) is 32.4. The molecular formula is C35H69N3O2. The Balaban J connectivity index is 3.17. The molecule has 0 aliphatic carbocycles. The zero-order valence-corrected chi connectivity index (χ0v) is 30.9. The van der Waals surface area contributed by atoms with Crippen LogP contribution in [-0.4, -0.2) is 62.8 Å². The molecule has 0 aromatic carbocycles. The summed E-state index contributed by atoms with van der Waals surface area (Å²) in [5, 5.41) is 2.90. The maximum absolute atomic E-state index is 13.1. The molecule has 2 saturated heterocycles. The topological polar surface area (TPSA) is 44.8 Å². The first-order chi connectivity index (χ1) is 17.2. The Morgan fingerprint density at radius 1 is 0.625 bits per heavy atom. The molecule has 0 radical (unpaired) electrons. The fraction of sp³-hybridized carbons (Fsp3) is 0.971. The SMILES string of the molecule is CCNC(=O)OC(C)(C)C1(C)C(C)(C)N(C2(C)C(C)(C)C(C)(C)N(C)C(C)(C)C2(C)C)C(C)(C)C(C)(C)C1(C)C. The van der Waals surface area contributed by atoms with Gasteiger partial charge >= 0.3 is 6.09 Å². The number of piperidine rings is 2. The molecule has 2 fully saturated rings. The summed E-state index contributed by atoms with van der Waals surface area (Å²) in [6.45, 7) is 51.0. The van der Waals surface area contributed by atoms with Crippen molar-refractivity contribution in [3.05, 3.63) is 0 Å². The summed E-state index contributed by atoms with van der Waals surface area (Å²) < 4.78 is 6.44. The van der Waals surface area contributed by atoms with Crippen molar-refractivity contribution in [1.82, 2.24) is 15.1 Å². The van der Waals surface area contributed by atoms with Crippen LogP contribution in [0.3, 0.4) is 0 Å². The number of carbonyl (C=O) groups is 1. The van der Waals surface area contributed by atoms with Gasteiger partial charge in [-0.3, -0.25) is 9.80 Å². The van der Waals surface area contributed by atoms with Crippen LogP contribution in [0.5, 0.6) is 0 Å². The van der Waals surface area contributed by atoms with Gasteiger partial charge in [-0.15, -0.1) is 0 Å². The summed E-state index contributed by atoms with van der Waals surface area (Å²) in [5.74, 6) is 0. The molecular weight excluding hydrogens is 494 g/mol. The first kappa shape index (κ1) is 35.4. The van der Waals surface area contributed by atoms with Gasteiger partial charge in [0, 0.05) is 50.5 Å². The molecule has 2 aliphatic heterocycles. The van der Waals surface area contributed by atoms with Crippen LogP contribution in [-0.2, 0) is 4.74 Å². The van der Waals surface area contributed by atoms with Crippen molar-refractivity contribution in [2.75, 3.05) is 13.6 Å². The highest BCUT2D eigenvalue weighted by atomic mass is 16.6. The molecule has 0 saturated carbocycles. The van der Waals surface area contributed by atoms with Gasteiger partial charge in [0.25, 0.3) is 0 Å². The molecule has 5 nitrogen and oxygen atoms in total. The molecule has 1 amide bonds. The molecule has 0 spiro atoms. The number of hydrogen-bond acceptors (Lipinski definition) is 4. The van der Waals surface area contributed by atoms with E-state index < -0.39 is 16.6 Å². The third-order valence-corrected chi connectivity index (χ3v) is 16.2. The van der Waals surface area contributed by atoms with E-state index in [9.17, 15) is 4.79 Å². The van der Waals surface area contributed by atoms with Crippen LogP contribution in [0.15, 0.2) is 0 Å². The van der Waals surface area contributed by atoms with E-state index in [4.69, 9.17) is 4.74 Å². The minimum absolute atomic E-state index is 0.104. The minimum Gasteiger partial charge on any atom is -0.443 e. The van der Waals surface area contributed by atoms with Gasteiger partial charge in [0.15, 0.2) is 0 Å². The first-order valence-electron chi connectivity index (χ1n) is 15.7. The fourth-order valence-electron chi connectivity index (χ4n) is 10.5. The number of rotatable bonds is 4. The van der Waals surface area contributed by atoms with E-state index in [0.717, 1.165) is 0 Å². The molecule has 5 heteroatoms. The molecule has 40 heavy (non-hydrogen) atoms. The second-order valence-corrected chi connectivity index (χ2v) is 18.3. The van der Waals surface area contributed by atoms with Crippen molar-refractivity contribution in [2.24, 2.45) is 27.1 Å². The Morgan fingerprint density at radius 2 is 1.00 bits per heavy atom. The minimum atomic E-state index is -0.771. The molecule has 2 heterocycles. The van der Waals surface area contributed by atoms with E-state index in [0.29, 0.717) is 6.54 Å². The number of hydrogen-bond donors (Lipinski definition) is 1. The van der Waals surface area contributed by atoms with Gasteiger partial charge in [-0.1, -0.05) is 62.3 Å². The van der Waals surface area contributed by atoms with Crippen molar-refractivity contribution in [3.63, 3.8) is 0 Å². The Labute approximate surface area is 249 Å². The highest BCUT2D eigenvalue weighted by Gasteiger charge is 2.81. The highest BCUT2D eigenvalue weighted by molar-refractivity contribution is 5.67. The molecule has 0 aromatic rings. The number of ether oxygens (including phenoxy) is 1. The smallest absolute Gasteiger partial charge is 0.407 e. The van der Waals surface area contributed by atoms with Crippen molar-refractivity contribution in [3.8, 4) is 0 Å². The molecule has 2 aliphatic rings. The lowest BCUT2D eigenvalue weighted by molar-refractivity contribution is -0.366. The number of nitrogens with zero attached hydrogens (tertiary/aromatic N) is 2. The van der Waals surface area contributed by atoms with Crippen LogP contribution < -0.4 is 5.32 Å². The third-order valence-electron chi connectivity index (χ3n) is 16.2. The summed E-state index contributed by atoms with van der Waals surface area (Å²) in [6, 6.07) is 0. The average Bonchev–Trinajstić information content (AvgIpc) is 2.74. The number of likely N-dealkylation sites (tertiary alicyclic amines) is 2. The fourth-order valence-corrected chi connectivity index (χ4v) is 10.5. The Bertz CT molecular complexity index is 984. The Morgan fingerprint density at radius 3 is 1.35 bits per heavy atom. The van der Waals surface area contributed by atoms with E-state index in [2.05, 4.69) is 161 Å². The second-order valence-electron chi connectivity index (χ2n) is 18.3. The van der Waals surface area contributed by atoms with Gasteiger partial charge in [0.1, 0.15) is 5.60 Å². The predicted octanol–water partition coefficient (Wildman–Crippen LogP) is 8.76. The van der Waals surface area contributed by atoms with E-state index in [1.165, 1.54) is 0 Å². The van der Waals surface area contributed by atoms with Gasteiger partial charge in [-0.05, 0) is 101 Å². The van der Waals surface area contributed by atoms with E-state index in [1.54, 1.807) is 0 Å². The van der Waals surface area contributed by atoms with E-state index in [1.807, 2.05) is 6.92 Å². The van der Waals surface area contributed by atoms with Gasteiger partial charge in [0.05, 0.1) is 0 Å². The van der Waals surface area contributed by atoms with Crippen LogP contribution in [0.4, 0.5) is 4.79 Å². The molecule has 1 unspecified atom stereocenters. The number of carbonyl (C=O) groups excluding carboxylic acids is 1. The van der Waals surface area contributed by atoms with Crippen molar-refractivity contribution >= 4 is 6.09 Å². The molecule has 1 N–H and O–H groups in total. The van der Waals surface area contributed by atoms with Crippen LogP contribution in [0.25, 0.3) is 0 Å². The Hall–Kier alpha value is -0.810. The molecule has 0 aromatic heterocycles. The number of alkyl carbamates (subject to hydrolysis) is 1. The van der Waals surface area contributed by atoms with E-state index >= 15 is 0 Å². The van der Waals surface area contributed by atoms with Crippen LogP contribution in [0.2, 0.25) is 0 Å². The highest BCUT2D eigenvalue weighted by Crippen LogP contribution is 2.76. The summed E-state index contributed by atoms with van der Waals surface area (Å²) in [6.07, 6.45) is -0.344. The second kappa shape index (κ2) is 8.87. The third kappa shape index (κ3) is 3.49. The lowest BCUT2D eigenvalue weighted by Crippen LogP contribution is -2.92. The summed E-state index contributed by atoms with van der Waals surface area (Å²) >= 11 is 0. The van der Waals surface area contributed by atoms with Crippen LogP contribution in [0, 0.1) is 27.1 Å². The molecule has 0 bridgehead atoms. The Kier molecular flexibility index (Phi) is 7.84. The average molecular weight is 564 g/mol. The van der Waals surface area contributed by atoms with Gasteiger partial charge < -0.3 is 10.1 Å². The van der Waals surface area contributed by atoms with Crippen molar-refractivity contribution < 1.29 is 9.53 Å². The largest absolute Gasteiger partial charge is 0.443 e. The predicted molar refractivity (Wildman–Crippen MR) is 172 cm³/mol. The van der Waals surface area contributed by atoms with Crippen molar-refractivity contribution in [2.45, 2.75) is 179 Å². The monoisotopic (exact) mass is 564 g/mol. The maximum atomic E-state index is 13.1. The quantitative estimate of drug-likeness (QED) is 0.371. The van der Waals surface area contributed by atoms with Crippen LogP contribution >= 0.6 is 0 Å². The summed E-state index contributed by atoms with van der Waals surface area (Å²) in [5.41, 5.74) is -2.97. The maximum Gasteiger partial charge on any atom is 0.407 e. The standard InChI is InChI=1S/C35H69N3O2/c1-23-36-24(39)40-33(18,19)34(20)26(4,5)25(2,3)31(14,15)38(32(34,16)17)35(21)27(6,7)29(10,11)37(22)30(12,13)28(35,8)9/h23H2,1-22H3,(H,36,39). The summed E-state index contributed by atoms with van der Waals surface area (Å²) in [4.78, 5) is 18.6. The van der Waals surface area contributed by atoms with E-state index in [-0.39, 0.29) is 49.9 Å². The molecule has 1 atom stereocenters. The first-order valence-corrected chi connectivity index (χ1v) is 15.7. The summed E-state index contributed by atoms with van der Waals surface area (Å²) in [7, 11) is 2.32. The van der Waals surface area contributed by atoms with Crippen LogP contribution in [0.1, 0.15) is 145 Å². The zero-order valence-electron chi connectivity index (χ0n) is 30.9. The van der Waals surface area contributed by atoms with Gasteiger partial charge in [-0.2, -0.15) is 0 Å². The number of amides is 1. The van der Waals surface area contributed by atoms with Crippen molar-refractivity contribution in [1.29, 1.82) is 0 Å². The molecule has 236 valence electrons. The lowest BCUT2D eigenvalue weighted by Gasteiger charge is -2.85. The van der Waals surface area contributed by atoms with Gasteiger partial charge in [0.2, 0.25) is 0 Å². The normalized spacial score (nSPS) is 33.1. The molecule has 2 rings (SSSR count). The lowest BCUT2D eigenvalue weighted by atomic mass is 9.34. The van der Waals surface area contributed by atoms with Gasteiger partial charge in [-0.25, -0.2) is 4.79 Å². The number of nitrogens with one attached hydrogen (secondary N) is 1.